The lowest BCUT2D eigenvalue weighted by molar-refractivity contribution is 0.598. The van der Waals surface area contributed by atoms with Gasteiger partial charge in [0.25, 0.3) is 0 Å². The fourth-order valence-corrected chi connectivity index (χ4v) is 1.28. The first-order chi connectivity index (χ1) is 6.33. The highest BCUT2D eigenvalue weighted by atomic mass is 15.1. The molecule has 1 heterocycles. The second-order valence-corrected chi connectivity index (χ2v) is 2.86. The van der Waals surface area contributed by atoms with Gasteiger partial charge in [-0.3, -0.25) is 0 Å². The molecule has 1 aromatic heterocycles. The van der Waals surface area contributed by atoms with E-state index in [-0.39, 0.29) is 6.04 Å². The lowest BCUT2D eigenvalue weighted by Gasteiger charge is -2.10. The van der Waals surface area contributed by atoms with Crippen LogP contribution in [0.4, 0.5) is 0 Å². The summed E-state index contributed by atoms with van der Waals surface area (Å²) in [5.41, 5.74) is 0.937. The number of nitrogens with zero attached hydrogens (tertiary/aromatic N) is 3. The average molecular weight is 178 g/mol. The number of imidazole rings is 1. The standard InChI is InChI=1S/C9H14N4/c1-3-4-13-7-12-6-9(13)8(5-10)11-2/h6-8,11H,3-4H2,1-2H3. The molecule has 1 N–H and O–H groups in total. The van der Waals surface area contributed by atoms with Gasteiger partial charge in [-0.05, 0) is 13.5 Å². The van der Waals surface area contributed by atoms with Gasteiger partial charge in [0, 0.05) is 6.54 Å². The van der Waals surface area contributed by atoms with Gasteiger partial charge in [-0.15, -0.1) is 0 Å². The van der Waals surface area contributed by atoms with Crippen molar-refractivity contribution in [2.45, 2.75) is 25.9 Å². The van der Waals surface area contributed by atoms with Crippen molar-refractivity contribution in [2.75, 3.05) is 7.05 Å². The molecule has 1 rings (SSSR count). The summed E-state index contributed by atoms with van der Waals surface area (Å²) >= 11 is 0. The highest BCUT2D eigenvalue weighted by Crippen LogP contribution is 2.11. The van der Waals surface area contributed by atoms with Crippen LogP contribution in [0.1, 0.15) is 25.1 Å². The molecule has 0 amide bonds. The minimum Gasteiger partial charge on any atom is -0.332 e. The van der Waals surface area contributed by atoms with Crippen LogP contribution in [0.15, 0.2) is 12.5 Å². The number of aromatic nitrogens is 2. The van der Waals surface area contributed by atoms with E-state index >= 15 is 0 Å². The molecule has 0 spiro atoms. The van der Waals surface area contributed by atoms with Crippen molar-refractivity contribution in [2.24, 2.45) is 0 Å². The largest absolute Gasteiger partial charge is 0.332 e. The van der Waals surface area contributed by atoms with Gasteiger partial charge in [0.2, 0.25) is 0 Å². The first-order valence-corrected chi connectivity index (χ1v) is 4.40. The summed E-state index contributed by atoms with van der Waals surface area (Å²) in [5, 5.41) is 11.8. The van der Waals surface area contributed by atoms with E-state index in [0.29, 0.717) is 0 Å². The van der Waals surface area contributed by atoms with E-state index in [1.807, 2.05) is 4.57 Å². The van der Waals surface area contributed by atoms with E-state index < -0.39 is 0 Å². The van der Waals surface area contributed by atoms with Crippen molar-refractivity contribution in [3.05, 3.63) is 18.2 Å². The Morgan fingerprint density at radius 1 is 1.77 bits per heavy atom. The quantitative estimate of drug-likeness (QED) is 0.750. The Morgan fingerprint density at radius 2 is 2.54 bits per heavy atom. The summed E-state index contributed by atoms with van der Waals surface area (Å²) < 4.78 is 2.00. The molecule has 0 fully saturated rings. The number of nitriles is 1. The summed E-state index contributed by atoms with van der Waals surface area (Å²) in [6, 6.07) is 1.93. The van der Waals surface area contributed by atoms with E-state index in [1.165, 1.54) is 0 Å². The molecule has 0 saturated carbocycles. The monoisotopic (exact) mass is 178 g/mol. The van der Waals surface area contributed by atoms with E-state index in [4.69, 9.17) is 5.26 Å². The molecule has 1 unspecified atom stereocenters. The molecule has 0 aliphatic heterocycles. The Labute approximate surface area is 78.2 Å². The molecule has 4 nitrogen and oxygen atoms in total. The van der Waals surface area contributed by atoms with Crippen molar-refractivity contribution in [1.82, 2.24) is 14.9 Å². The smallest absolute Gasteiger partial charge is 0.137 e. The Kier molecular flexibility index (Phi) is 3.47. The lowest BCUT2D eigenvalue weighted by atomic mass is 10.2. The predicted molar refractivity (Wildman–Crippen MR) is 49.9 cm³/mol. The van der Waals surface area contributed by atoms with Crippen LogP contribution in [0.5, 0.6) is 0 Å². The summed E-state index contributed by atoms with van der Waals surface area (Å²) in [4.78, 5) is 4.03. The maximum atomic E-state index is 8.84. The second-order valence-electron chi connectivity index (χ2n) is 2.86. The van der Waals surface area contributed by atoms with Gasteiger partial charge in [0.15, 0.2) is 0 Å². The van der Waals surface area contributed by atoms with Crippen LogP contribution >= 0.6 is 0 Å². The number of nitrogens with one attached hydrogen (secondary N) is 1. The van der Waals surface area contributed by atoms with Crippen LogP contribution in [0.3, 0.4) is 0 Å². The van der Waals surface area contributed by atoms with Crippen LogP contribution in [0, 0.1) is 11.3 Å². The van der Waals surface area contributed by atoms with Crippen molar-refractivity contribution in [3.8, 4) is 6.07 Å². The van der Waals surface area contributed by atoms with Crippen molar-refractivity contribution in [1.29, 1.82) is 5.26 Å². The molecule has 70 valence electrons. The van der Waals surface area contributed by atoms with E-state index in [0.717, 1.165) is 18.7 Å². The van der Waals surface area contributed by atoms with Crippen LogP contribution in [0.25, 0.3) is 0 Å². The zero-order valence-electron chi connectivity index (χ0n) is 7.99. The number of rotatable bonds is 4. The molecule has 1 atom stereocenters. The Balaban J connectivity index is 2.86. The summed E-state index contributed by atoms with van der Waals surface area (Å²) in [6.07, 6.45) is 4.55. The average Bonchev–Trinajstić information content (AvgIpc) is 2.57. The SMILES string of the molecule is CCCn1cncc1C(C#N)NC. The molecular weight excluding hydrogens is 164 g/mol. The topological polar surface area (TPSA) is 53.6 Å². The first-order valence-electron chi connectivity index (χ1n) is 4.40. The molecule has 0 radical (unpaired) electrons. The van der Waals surface area contributed by atoms with Crippen molar-refractivity contribution in [3.63, 3.8) is 0 Å². The Morgan fingerprint density at radius 3 is 3.08 bits per heavy atom. The van der Waals surface area contributed by atoms with Crippen molar-refractivity contribution >= 4 is 0 Å². The molecule has 1 aromatic rings. The Bertz CT molecular complexity index is 297. The first kappa shape index (κ1) is 9.75. The predicted octanol–water partition coefficient (Wildman–Crippen LogP) is 1.08. The maximum Gasteiger partial charge on any atom is 0.137 e. The molecule has 0 aliphatic carbocycles. The van der Waals surface area contributed by atoms with Crippen molar-refractivity contribution < 1.29 is 0 Å². The van der Waals surface area contributed by atoms with Crippen LogP contribution in [-0.2, 0) is 6.54 Å². The van der Waals surface area contributed by atoms with E-state index in [1.54, 1.807) is 19.6 Å². The highest BCUT2D eigenvalue weighted by Gasteiger charge is 2.11. The molecular formula is C9H14N4. The van der Waals surface area contributed by atoms with Gasteiger partial charge in [-0.1, -0.05) is 6.92 Å². The van der Waals surface area contributed by atoms with Gasteiger partial charge in [-0.2, -0.15) is 5.26 Å². The highest BCUT2D eigenvalue weighted by molar-refractivity contribution is 5.13. The molecule has 4 heteroatoms. The molecule has 0 aliphatic rings. The fourth-order valence-electron chi connectivity index (χ4n) is 1.28. The van der Waals surface area contributed by atoms with E-state index in [2.05, 4.69) is 23.3 Å². The lowest BCUT2D eigenvalue weighted by Crippen LogP contribution is -2.18. The normalized spacial score (nSPS) is 12.4. The number of hydrogen-bond donors (Lipinski definition) is 1. The third-order valence-corrected chi connectivity index (χ3v) is 1.92. The molecule has 13 heavy (non-hydrogen) atoms. The minimum atomic E-state index is -0.256. The maximum absolute atomic E-state index is 8.84. The van der Waals surface area contributed by atoms with E-state index in [9.17, 15) is 0 Å². The number of aryl methyl sites for hydroxylation is 1. The van der Waals surface area contributed by atoms with Gasteiger partial charge in [0.05, 0.1) is 24.3 Å². The summed E-state index contributed by atoms with van der Waals surface area (Å²) in [7, 11) is 1.77. The second kappa shape index (κ2) is 4.63. The van der Waals surface area contributed by atoms with Gasteiger partial charge >= 0.3 is 0 Å². The third-order valence-electron chi connectivity index (χ3n) is 1.92. The number of hydrogen-bond acceptors (Lipinski definition) is 3. The summed E-state index contributed by atoms with van der Waals surface area (Å²) in [6.45, 7) is 3.01. The Hall–Kier alpha value is -1.34. The van der Waals surface area contributed by atoms with Crippen LogP contribution in [0.2, 0.25) is 0 Å². The minimum absolute atomic E-state index is 0.256. The summed E-state index contributed by atoms with van der Waals surface area (Å²) in [5.74, 6) is 0. The molecule has 0 bridgehead atoms. The molecule has 0 aromatic carbocycles. The molecule has 0 saturated heterocycles. The van der Waals surface area contributed by atoms with Crippen LogP contribution < -0.4 is 5.32 Å². The van der Waals surface area contributed by atoms with Gasteiger partial charge < -0.3 is 9.88 Å². The van der Waals surface area contributed by atoms with Crippen LogP contribution in [-0.4, -0.2) is 16.6 Å². The van der Waals surface area contributed by atoms with Gasteiger partial charge in [-0.25, -0.2) is 4.98 Å². The zero-order chi connectivity index (χ0) is 9.68. The zero-order valence-corrected chi connectivity index (χ0v) is 7.99. The third kappa shape index (κ3) is 2.07. The fraction of sp³-hybridized carbons (Fsp3) is 0.556. The van der Waals surface area contributed by atoms with Gasteiger partial charge in [0.1, 0.15) is 6.04 Å².